The molecular weight excluding hydrogens is 236 g/mol. The van der Waals surface area contributed by atoms with E-state index in [1.807, 2.05) is 6.92 Å². The molecule has 2 N–H and O–H groups in total. The summed E-state index contributed by atoms with van der Waals surface area (Å²) in [6.07, 6.45) is 0. The number of morpholine rings is 1. The van der Waals surface area contributed by atoms with Gasteiger partial charge in [0.15, 0.2) is 5.96 Å². The molecule has 0 aromatic carbocycles. The van der Waals surface area contributed by atoms with E-state index < -0.39 is 0 Å². The van der Waals surface area contributed by atoms with Crippen molar-refractivity contribution in [2.75, 3.05) is 26.3 Å². The molecule has 0 saturated carbocycles. The van der Waals surface area contributed by atoms with E-state index in [2.05, 4.69) is 21.8 Å². The highest BCUT2D eigenvalue weighted by molar-refractivity contribution is 7.11. The fourth-order valence-electron chi connectivity index (χ4n) is 1.65. The van der Waals surface area contributed by atoms with Gasteiger partial charge in [0.05, 0.1) is 25.5 Å². The van der Waals surface area contributed by atoms with Gasteiger partial charge in [0, 0.05) is 18.0 Å². The zero-order chi connectivity index (χ0) is 12.3. The lowest BCUT2D eigenvalue weighted by Gasteiger charge is -2.27. The third-order valence-electron chi connectivity index (χ3n) is 2.78. The Morgan fingerprint density at radius 3 is 2.76 bits per heavy atom. The molecule has 0 amide bonds. The van der Waals surface area contributed by atoms with Gasteiger partial charge in [-0.2, -0.15) is 0 Å². The Bertz CT molecular complexity index is 390. The van der Waals surface area contributed by atoms with Crippen LogP contribution >= 0.6 is 11.3 Å². The predicted molar refractivity (Wildman–Crippen MR) is 69.3 cm³/mol. The minimum atomic E-state index is 0.572. The SMILES string of the molecule is Cc1nc(CN=C(N)N2CCOCC2)sc1C. The van der Waals surface area contributed by atoms with Gasteiger partial charge in [-0.15, -0.1) is 11.3 Å². The maximum Gasteiger partial charge on any atom is 0.191 e. The van der Waals surface area contributed by atoms with E-state index >= 15 is 0 Å². The predicted octanol–water partition coefficient (Wildman–Crippen LogP) is 0.907. The fourth-order valence-corrected chi connectivity index (χ4v) is 2.51. The van der Waals surface area contributed by atoms with Crippen molar-refractivity contribution in [3.8, 4) is 0 Å². The molecule has 0 spiro atoms. The second-order valence-corrected chi connectivity index (χ2v) is 5.31. The Labute approximate surface area is 105 Å². The van der Waals surface area contributed by atoms with Crippen LogP contribution in [-0.2, 0) is 11.3 Å². The van der Waals surface area contributed by atoms with Crippen molar-refractivity contribution >= 4 is 17.3 Å². The standard InChI is InChI=1S/C11H18N4OS/c1-8-9(2)17-10(14-8)7-13-11(12)15-3-5-16-6-4-15/h3-7H2,1-2H3,(H2,12,13). The average molecular weight is 254 g/mol. The summed E-state index contributed by atoms with van der Waals surface area (Å²) >= 11 is 1.69. The Balaban J connectivity index is 1.94. The molecule has 6 heteroatoms. The van der Waals surface area contributed by atoms with Crippen LogP contribution in [-0.4, -0.2) is 42.1 Å². The summed E-state index contributed by atoms with van der Waals surface area (Å²) in [5.41, 5.74) is 7.03. The molecule has 0 atom stereocenters. The summed E-state index contributed by atoms with van der Waals surface area (Å²) in [4.78, 5) is 12.1. The highest BCUT2D eigenvalue weighted by Gasteiger charge is 2.12. The number of nitrogens with two attached hydrogens (primary N) is 1. The normalized spacial score (nSPS) is 17.5. The number of thiazole rings is 1. The first-order valence-electron chi connectivity index (χ1n) is 5.72. The first-order chi connectivity index (χ1) is 8.16. The van der Waals surface area contributed by atoms with E-state index in [0.717, 1.165) is 37.0 Å². The van der Waals surface area contributed by atoms with E-state index in [9.17, 15) is 0 Å². The molecule has 1 fully saturated rings. The van der Waals surface area contributed by atoms with Crippen LogP contribution in [0.3, 0.4) is 0 Å². The van der Waals surface area contributed by atoms with Gasteiger partial charge in [0.1, 0.15) is 5.01 Å². The smallest absolute Gasteiger partial charge is 0.191 e. The summed E-state index contributed by atoms with van der Waals surface area (Å²) in [6.45, 7) is 7.77. The van der Waals surface area contributed by atoms with Crippen LogP contribution < -0.4 is 5.73 Å². The third-order valence-corrected chi connectivity index (χ3v) is 3.84. The first kappa shape index (κ1) is 12.3. The zero-order valence-corrected chi connectivity index (χ0v) is 11.1. The van der Waals surface area contributed by atoms with Crippen LogP contribution in [0, 0.1) is 13.8 Å². The molecule has 0 bridgehead atoms. The summed E-state index contributed by atoms with van der Waals surface area (Å²) in [7, 11) is 0. The fraction of sp³-hybridized carbons (Fsp3) is 0.636. The quantitative estimate of drug-likeness (QED) is 0.629. The number of guanidine groups is 1. The molecule has 0 aliphatic carbocycles. The number of aryl methyl sites for hydroxylation is 2. The molecule has 1 aromatic heterocycles. The Morgan fingerprint density at radius 1 is 1.47 bits per heavy atom. The van der Waals surface area contributed by atoms with Gasteiger partial charge in [0.25, 0.3) is 0 Å². The van der Waals surface area contributed by atoms with Gasteiger partial charge in [-0.25, -0.2) is 9.98 Å². The molecule has 5 nitrogen and oxygen atoms in total. The van der Waals surface area contributed by atoms with Gasteiger partial charge < -0.3 is 15.4 Å². The zero-order valence-electron chi connectivity index (χ0n) is 10.3. The van der Waals surface area contributed by atoms with Crippen molar-refractivity contribution in [2.45, 2.75) is 20.4 Å². The Hall–Kier alpha value is -1.14. The number of aromatic nitrogens is 1. The summed E-state index contributed by atoms with van der Waals surface area (Å²) < 4.78 is 5.27. The summed E-state index contributed by atoms with van der Waals surface area (Å²) in [5.74, 6) is 0.596. The number of ether oxygens (including phenoxy) is 1. The van der Waals surface area contributed by atoms with Crippen molar-refractivity contribution in [2.24, 2.45) is 10.7 Å². The molecule has 0 unspecified atom stereocenters. The summed E-state index contributed by atoms with van der Waals surface area (Å²) in [6, 6.07) is 0. The molecule has 1 aliphatic heterocycles. The lowest BCUT2D eigenvalue weighted by atomic mass is 10.4. The highest BCUT2D eigenvalue weighted by atomic mass is 32.1. The maximum atomic E-state index is 5.94. The maximum absolute atomic E-state index is 5.94. The van der Waals surface area contributed by atoms with Gasteiger partial charge in [-0.05, 0) is 13.8 Å². The van der Waals surface area contributed by atoms with E-state index in [4.69, 9.17) is 10.5 Å². The van der Waals surface area contributed by atoms with Crippen LogP contribution in [0.5, 0.6) is 0 Å². The van der Waals surface area contributed by atoms with Crippen molar-refractivity contribution in [1.82, 2.24) is 9.88 Å². The van der Waals surface area contributed by atoms with E-state index in [1.165, 1.54) is 4.88 Å². The van der Waals surface area contributed by atoms with Crippen LogP contribution in [0.15, 0.2) is 4.99 Å². The molecule has 1 aromatic rings. The van der Waals surface area contributed by atoms with Crippen LogP contribution in [0.25, 0.3) is 0 Å². The minimum absolute atomic E-state index is 0.572. The Kier molecular flexibility index (Phi) is 3.96. The lowest BCUT2D eigenvalue weighted by Crippen LogP contribution is -2.44. The van der Waals surface area contributed by atoms with Crippen molar-refractivity contribution in [1.29, 1.82) is 0 Å². The second-order valence-electron chi connectivity index (χ2n) is 4.02. The largest absolute Gasteiger partial charge is 0.378 e. The monoisotopic (exact) mass is 254 g/mol. The van der Waals surface area contributed by atoms with Crippen LogP contribution in [0.1, 0.15) is 15.6 Å². The van der Waals surface area contributed by atoms with Crippen molar-refractivity contribution < 1.29 is 4.74 Å². The summed E-state index contributed by atoms with van der Waals surface area (Å²) in [5, 5.41) is 1.02. The van der Waals surface area contributed by atoms with Crippen molar-refractivity contribution in [3.63, 3.8) is 0 Å². The van der Waals surface area contributed by atoms with E-state index in [0.29, 0.717) is 12.5 Å². The molecular formula is C11H18N4OS. The first-order valence-corrected chi connectivity index (χ1v) is 6.54. The molecule has 17 heavy (non-hydrogen) atoms. The second kappa shape index (κ2) is 5.46. The van der Waals surface area contributed by atoms with Crippen LogP contribution in [0.4, 0.5) is 0 Å². The number of aliphatic imine (C=N–C) groups is 1. The van der Waals surface area contributed by atoms with Gasteiger partial charge >= 0.3 is 0 Å². The number of nitrogens with zero attached hydrogens (tertiary/aromatic N) is 3. The van der Waals surface area contributed by atoms with Crippen LogP contribution in [0.2, 0.25) is 0 Å². The molecule has 2 rings (SSSR count). The topological polar surface area (TPSA) is 63.7 Å². The molecule has 94 valence electrons. The number of hydrogen-bond acceptors (Lipinski definition) is 4. The molecule has 1 aliphatic rings. The minimum Gasteiger partial charge on any atom is -0.378 e. The molecule has 1 saturated heterocycles. The lowest BCUT2D eigenvalue weighted by molar-refractivity contribution is 0.0674. The van der Waals surface area contributed by atoms with Gasteiger partial charge in [0.2, 0.25) is 0 Å². The van der Waals surface area contributed by atoms with Gasteiger partial charge in [-0.1, -0.05) is 0 Å². The Morgan fingerprint density at radius 2 is 2.18 bits per heavy atom. The molecule has 2 heterocycles. The average Bonchev–Trinajstić information content (AvgIpc) is 2.67. The molecule has 0 radical (unpaired) electrons. The van der Waals surface area contributed by atoms with E-state index in [-0.39, 0.29) is 0 Å². The van der Waals surface area contributed by atoms with E-state index in [1.54, 1.807) is 11.3 Å². The van der Waals surface area contributed by atoms with Gasteiger partial charge in [-0.3, -0.25) is 0 Å². The van der Waals surface area contributed by atoms with Crippen molar-refractivity contribution in [3.05, 3.63) is 15.6 Å². The highest BCUT2D eigenvalue weighted by Crippen LogP contribution is 2.17. The number of rotatable bonds is 2. The third kappa shape index (κ3) is 3.17. The number of hydrogen-bond donors (Lipinski definition) is 1.